The van der Waals surface area contributed by atoms with Gasteiger partial charge in [-0.2, -0.15) is 13.2 Å². The van der Waals surface area contributed by atoms with Gasteiger partial charge in [-0.25, -0.2) is 4.79 Å². The molecule has 0 aromatic heterocycles. The van der Waals surface area contributed by atoms with Gasteiger partial charge in [-0.3, -0.25) is 0 Å². The van der Waals surface area contributed by atoms with Gasteiger partial charge in [-0.15, -0.1) is 0 Å². The SMILES string of the molecule is CC(O)(CNc1ccc(Cl)c(C(F)(F)F)c1)C(=O)O. The summed E-state index contributed by atoms with van der Waals surface area (Å²) in [6.45, 7) is 0.587. The van der Waals surface area contributed by atoms with E-state index in [9.17, 15) is 23.1 Å². The van der Waals surface area contributed by atoms with Crippen molar-refractivity contribution in [1.82, 2.24) is 0 Å². The average molecular weight is 298 g/mol. The molecule has 1 aromatic carbocycles. The summed E-state index contributed by atoms with van der Waals surface area (Å²) in [5.74, 6) is -1.48. The number of aliphatic hydroxyl groups is 1. The second kappa shape index (κ2) is 5.26. The van der Waals surface area contributed by atoms with Crippen LogP contribution in [0.15, 0.2) is 18.2 Å². The van der Waals surface area contributed by atoms with E-state index in [-0.39, 0.29) is 5.69 Å². The van der Waals surface area contributed by atoms with Gasteiger partial charge in [0, 0.05) is 5.69 Å². The van der Waals surface area contributed by atoms with E-state index in [4.69, 9.17) is 16.7 Å². The molecule has 0 bridgehead atoms. The quantitative estimate of drug-likeness (QED) is 0.799. The summed E-state index contributed by atoms with van der Waals surface area (Å²) in [6, 6.07) is 3.05. The lowest BCUT2D eigenvalue weighted by Crippen LogP contribution is -2.41. The average Bonchev–Trinajstić information content (AvgIpc) is 2.26. The Balaban J connectivity index is 2.90. The molecule has 0 aliphatic carbocycles. The van der Waals surface area contributed by atoms with E-state index in [2.05, 4.69) is 5.32 Å². The predicted molar refractivity (Wildman–Crippen MR) is 63.2 cm³/mol. The van der Waals surface area contributed by atoms with Crippen LogP contribution in [0.1, 0.15) is 12.5 Å². The predicted octanol–water partition coefficient (Wildman–Crippen LogP) is 2.61. The zero-order chi connectivity index (χ0) is 14.8. The number of anilines is 1. The zero-order valence-electron chi connectivity index (χ0n) is 9.75. The summed E-state index contributed by atoms with van der Waals surface area (Å²) in [5, 5.41) is 20.0. The van der Waals surface area contributed by atoms with Gasteiger partial charge in [-0.1, -0.05) is 11.6 Å². The first-order chi connectivity index (χ1) is 8.54. The summed E-state index contributed by atoms with van der Waals surface area (Å²) in [7, 11) is 0. The van der Waals surface area contributed by atoms with Crippen LogP contribution >= 0.6 is 11.6 Å². The number of aliphatic carboxylic acids is 1. The Morgan fingerprint density at radius 2 is 2.00 bits per heavy atom. The highest BCUT2D eigenvalue weighted by Gasteiger charge is 2.34. The highest BCUT2D eigenvalue weighted by atomic mass is 35.5. The van der Waals surface area contributed by atoms with E-state index >= 15 is 0 Å². The van der Waals surface area contributed by atoms with Crippen LogP contribution in [0.2, 0.25) is 5.02 Å². The molecule has 0 aliphatic heterocycles. The van der Waals surface area contributed by atoms with Crippen LogP contribution in [-0.2, 0) is 11.0 Å². The van der Waals surface area contributed by atoms with Crippen molar-refractivity contribution in [3.05, 3.63) is 28.8 Å². The maximum atomic E-state index is 12.6. The maximum absolute atomic E-state index is 12.6. The van der Waals surface area contributed by atoms with Crippen molar-refractivity contribution in [3.8, 4) is 0 Å². The minimum absolute atomic E-state index is 0.0123. The minimum atomic E-state index is -4.61. The molecule has 0 fully saturated rings. The van der Waals surface area contributed by atoms with Gasteiger partial charge in [0.2, 0.25) is 0 Å². The molecule has 106 valence electrons. The van der Waals surface area contributed by atoms with Crippen LogP contribution in [0.25, 0.3) is 0 Å². The summed E-state index contributed by atoms with van der Waals surface area (Å²) < 4.78 is 37.7. The van der Waals surface area contributed by atoms with Gasteiger partial charge in [0.25, 0.3) is 0 Å². The van der Waals surface area contributed by atoms with E-state index in [1.54, 1.807) is 0 Å². The number of halogens is 4. The molecule has 0 heterocycles. The standard InChI is InChI=1S/C11H11ClF3NO3/c1-10(19,9(17)18)5-16-6-2-3-8(12)7(4-6)11(13,14)15/h2-4,16,19H,5H2,1H3,(H,17,18). The molecule has 8 heteroatoms. The van der Waals surface area contributed by atoms with E-state index in [1.165, 1.54) is 6.07 Å². The van der Waals surface area contributed by atoms with E-state index in [0.29, 0.717) is 0 Å². The third kappa shape index (κ3) is 4.00. The first-order valence-electron chi connectivity index (χ1n) is 5.10. The Bertz CT molecular complexity index is 489. The smallest absolute Gasteiger partial charge is 0.417 e. The summed E-state index contributed by atoms with van der Waals surface area (Å²) >= 11 is 5.43. The minimum Gasteiger partial charge on any atom is -0.479 e. The van der Waals surface area contributed by atoms with Gasteiger partial charge in [-0.05, 0) is 25.1 Å². The number of carboxylic acids is 1. The summed E-state index contributed by atoms with van der Waals surface area (Å²) in [6.07, 6.45) is -4.61. The molecule has 1 atom stereocenters. The van der Waals surface area contributed by atoms with Crippen LogP contribution in [-0.4, -0.2) is 28.3 Å². The first kappa shape index (κ1) is 15.6. The molecular formula is C11H11ClF3NO3. The number of nitrogens with one attached hydrogen (secondary N) is 1. The second-order valence-electron chi connectivity index (χ2n) is 4.12. The van der Waals surface area contributed by atoms with Crippen molar-refractivity contribution in [2.75, 3.05) is 11.9 Å². The number of hydrogen-bond donors (Lipinski definition) is 3. The fraction of sp³-hybridized carbons (Fsp3) is 0.364. The van der Waals surface area contributed by atoms with Gasteiger partial charge in [0.1, 0.15) is 0 Å². The number of benzene rings is 1. The van der Waals surface area contributed by atoms with E-state index in [1.807, 2.05) is 0 Å². The lowest BCUT2D eigenvalue weighted by molar-refractivity contribution is -0.155. The topological polar surface area (TPSA) is 69.6 Å². The van der Waals surface area contributed by atoms with Gasteiger partial charge in [0.15, 0.2) is 5.60 Å². The molecule has 3 N–H and O–H groups in total. The lowest BCUT2D eigenvalue weighted by atomic mass is 10.1. The molecule has 19 heavy (non-hydrogen) atoms. The Morgan fingerprint density at radius 1 is 1.42 bits per heavy atom. The normalized spacial score (nSPS) is 14.8. The molecule has 0 saturated carbocycles. The molecule has 4 nitrogen and oxygen atoms in total. The van der Waals surface area contributed by atoms with Crippen LogP contribution in [0.5, 0.6) is 0 Å². The fourth-order valence-corrected chi connectivity index (χ4v) is 1.43. The number of hydrogen-bond acceptors (Lipinski definition) is 3. The Labute approximate surface area is 111 Å². The monoisotopic (exact) mass is 297 g/mol. The van der Waals surface area contributed by atoms with Gasteiger partial charge in [0.05, 0.1) is 17.1 Å². The highest BCUT2D eigenvalue weighted by Crippen LogP contribution is 2.36. The molecule has 0 radical (unpaired) electrons. The van der Waals surface area contributed by atoms with Crippen molar-refractivity contribution in [2.24, 2.45) is 0 Å². The van der Waals surface area contributed by atoms with Crippen molar-refractivity contribution in [2.45, 2.75) is 18.7 Å². The third-order valence-corrected chi connectivity index (χ3v) is 2.70. The first-order valence-corrected chi connectivity index (χ1v) is 5.48. The molecule has 1 rings (SSSR count). The summed E-state index contributed by atoms with van der Waals surface area (Å²) in [4.78, 5) is 10.6. The summed E-state index contributed by atoms with van der Waals surface area (Å²) in [5.41, 5.74) is -3.11. The van der Waals surface area contributed by atoms with Gasteiger partial charge < -0.3 is 15.5 Å². The van der Waals surface area contributed by atoms with Crippen LogP contribution in [0.4, 0.5) is 18.9 Å². The Morgan fingerprint density at radius 3 is 2.47 bits per heavy atom. The van der Waals surface area contributed by atoms with Crippen molar-refractivity contribution in [1.29, 1.82) is 0 Å². The zero-order valence-corrected chi connectivity index (χ0v) is 10.5. The number of carboxylic acid groups (broad SMARTS) is 1. The van der Waals surface area contributed by atoms with E-state index < -0.39 is 34.9 Å². The maximum Gasteiger partial charge on any atom is 0.417 e. The fourth-order valence-electron chi connectivity index (χ4n) is 1.20. The van der Waals surface area contributed by atoms with Crippen molar-refractivity contribution in [3.63, 3.8) is 0 Å². The van der Waals surface area contributed by atoms with Crippen LogP contribution in [0, 0.1) is 0 Å². The van der Waals surface area contributed by atoms with Crippen LogP contribution in [0.3, 0.4) is 0 Å². The molecule has 1 aromatic rings. The van der Waals surface area contributed by atoms with Crippen molar-refractivity contribution < 1.29 is 28.2 Å². The van der Waals surface area contributed by atoms with Gasteiger partial charge >= 0.3 is 12.1 Å². The van der Waals surface area contributed by atoms with Crippen LogP contribution < -0.4 is 5.32 Å². The molecular weight excluding hydrogens is 287 g/mol. The third-order valence-electron chi connectivity index (χ3n) is 2.37. The van der Waals surface area contributed by atoms with Crippen molar-refractivity contribution >= 4 is 23.3 Å². The number of alkyl halides is 3. The second-order valence-corrected chi connectivity index (χ2v) is 4.53. The highest BCUT2D eigenvalue weighted by molar-refractivity contribution is 6.31. The molecule has 0 aliphatic rings. The molecule has 0 amide bonds. The lowest BCUT2D eigenvalue weighted by Gasteiger charge is -2.19. The molecule has 0 saturated heterocycles. The Hall–Kier alpha value is -1.47. The molecule has 1 unspecified atom stereocenters. The number of carbonyl (C=O) groups is 1. The van der Waals surface area contributed by atoms with E-state index in [0.717, 1.165) is 19.1 Å². The Kier molecular flexibility index (Phi) is 4.32. The number of rotatable bonds is 4. The molecule has 0 spiro atoms. The largest absolute Gasteiger partial charge is 0.479 e.